The summed E-state index contributed by atoms with van der Waals surface area (Å²) in [5.74, 6) is 2.23. The molecule has 0 spiro atoms. The average Bonchev–Trinajstić information content (AvgIpc) is 3.06. The molecule has 0 aromatic heterocycles. The number of rotatable bonds is 6. The minimum atomic E-state index is 0.376. The van der Waals surface area contributed by atoms with Crippen LogP contribution in [0.3, 0.4) is 0 Å². The first kappa shape index (κ1) is 12.8. The molecule has 0 atom stereocenters. The molecule has 0 unspecified atom stereocenters. The van der Waals surface area contributed by atoms with Gasteiger partial charge >= 0.3 is 0 Å². The van der Waals surface area contributed by atoms with Gasteiger partial charge in [0.15, 0.2) is 11.6 Å². The summed E-state index contributed by atoms with van der Waals surface area (Å²) in [5.41, 5.74) is 6.99. The number of nitrogens with two attached hydrogens (primary N) is 1. The van der Waals surface area contributed by atoms with Crippen LogP contribution in [0.25, 0.3) is 0 Å². The molecule has 0 aliphatic heterocycles. The van der Waals surface area contributed by atoms with E-state index in [1.165, 1.54) is 18.4 Å². The van der Waals surface area contributed by atoms with Crippen molar-refractivity contribution < 1.29 is 4.74 Å². The van der Waals surface area contributed by atoms with Gasteiger partial charge in [-0.2, -0.15) is 0 Å². The van der Waals surface area contributed by atoms with Crippen molar-refractivity contribution in [3.63, 3.8) is 0 Å². The summed E-state index contributed by atoms with van der Waals surface area (Å²) >= 11 is 0. The van der Waals surface area contributed by atoms with E-state index < -0.39 is 0 Å². The van der Waals surface area contributed by atoms with Crippen molar-refractivity contribution in [1.29, 1.82) is 0 Å². The summed E-state index contributed by atoms with van der Waals surface area (Å²) in [6.07, 6.45) is 4.50. The van der Waals surface area contributed by atoms with E-state index >= 15 is 0 Å². The van der Waals surface area contributed by atoms with Crippen LogP contribution in [-0.2, 0) is 4.74 Å². The Bertz CT molecular complexity index is 312. The van der Waals surface area contributed by atoms with Gasteiger partial charge in [0.05, 0.1) is 6.61 Å². The summed E-state index contributed by atoms with van der Waals surface area (Å²) in [5, 5.41) is 0. The van der Waals surface area contributed by atoms with Gasteiger partial charge in [0, 0.05) is 0 Å². The van der Waals surface area contributed by atoms with E-state index in [2.05, 4.69) is 32.5 Å². The Labute approximate surface area is 98.1 Å². The summed E-state index contributed by atoms with van der Waals surface area (Å²) in [6.45, 7) is 10.5. The zero-order valence-corrected chi connectivity index (χ0v) is 10.5. The Hall–Kier alpha value is -1.25. The van der Waals surface area contributed by atoms with Gasteiger partial charge in [-0.05, 0) is 44.4 Å². The Morgan fingerprint density at radius 1 is 1.56 bits per heavy atom. The van der Waals surface area contributed by atoms with Crippen molar-refractivity contribution in [2.24, 2.45) is 22.6 Å². The molecule has 90 valence electrons. The molecule has 0 radical (unpaired) electrons. The van der Waals surface area contributed by atoms with Crippen LogP contribution >= 0.6 is 0 Å². The maximum absolute atomic E-state index is 5.75. The lowest BCUT2D eigenvalue weighted by Crippen LogP contribution is -2.05. The van der Waals surface area contributed by atoms with Gasteiger partial charge in [-0.15, -0.1) is 0 Å². The molecule has 1 aliphatic rings. The second-order valence-corrected chi connectivity index (χ2v) is 4.71. The SMILES string of the molecule is C=N/C(N)=C(\C=C(/C)C(C)C)OCC1CC1. The molecule has 1 fully saturated rings. The second kappa shape index (κ2) is 5.73. The average molecular weight is 222 g/mol. The standard InChI is InChI=1S/C13H22N2O/c1-9(2)10(3)7-12(13(14)15-4)16-8-11-5-6-11/h7,9,11H,4-6,8,14H2,1-3H3/b10-7+,13-12+. The number of hydrogen-bond donors (Lipinski definition) is 1. The predicted octanol–water partition coefficient (Wildman–Crippen LogP) is 2.84. The Kier molecular flexibility index (Phi) is 4.59. The quantitative estimate of drug-likeness (QED) is 0.427. The van der Waals surface area contributed by atoms with Gasteiger partial charge < -0.3 is 10.5 Å². The molecule has 3 heteroatoms. The van der Waals surface area contributed by atoms with E-state index in [-0.39, 0.29) is 0 Å². The first-order valence-electron chi connectivity index (χ1n) is 5.82. The normalized spacial score (nSPS) is 18.4. The van der Waals surface area contributed by atoms with Crippen molar-refractivity contribution in [2.45, 2.75) is 33.6 Å². The van der Waals surface area contributed by atoms with Crippen LogP contribution in [0, 0.1) is 11.8 Å². The smallest absolute Gasteiger partial charge is 0.165 e. The van der Waals surface area contributed by atoms with E-state index in [1.807, 2.05) is 6.08 Å². The topological polar surface area (TPSA) is 47.6 Å². The third-order valence-electron chi connectivity index (χ3n) is 2.86. The molecule has 0 aromatic rings. The van der Waals surface area contributed by atoms with Crippen LogP contribution in [-0.4, -0.2) is 13.3 Å². The molecule has 0 amide bonds. The lowest BCUT2D eigenvalue weighted by molar-refractivity contribution is 0.206. The fourth-order valence-electron chi connectivity index (χ4n) is 1.13. The number of hydrogen-bond acceptors (Lipinski definition) is 3. The van der Waals surface area contributed by atoms with Crippen molar-refractivity contribution in [3.05, 3.63) is 23.2 Å². The Balaban J connectivity index is 2.70. The molecule has 0 heterocycles. The van der Waals surface area contributed by atoms with E-state index in [0.717, 1.165) is 6.61 Å². The highest BCUT2D eigenvalue weighted by atomic mass is 16.5. The first-order valence-corrected chi connectivity index (χ1v) is 5.82. The summed E-state index contributed by atoms with van der Waals surface area (Å²) in [7, 11) is 0. The lowest BCUT2D eigenvalue weighted by atomic mass is 10.0. The van der Waals surface area contributed by atoms with Crippen LogP contribution in [0.15, 0.2) is 28.2 Å². The lowest BCUT2D eigenvalue weighted by Gasteiger charge is -2.11. The molecule has 1 saturated carbocycles. The molecule has 1 rings (SSSR count). The molecule has 0 aromatic carbocycles. The number of nitrogens with zero attached hydrogens (tertiary/aromatic N) is 1. The maximum atomic E-state index is 5.75. The highest BCUT2D eigenvalue weighted by Gasteiger charge is 2.22. The highest BCUT2D eigenvalue weighted by Crippen LogP contribution is 2.30. The Morgan fingerprint density at radius 3 is 2.62 bits per heavy atom. The van der Waals surface area contributed by atoms with Gasteiger partial charge in [0.25, 0.3) is 0 Å². The summed E-state index contributed by atoms with van der Waals surface area (Å²) in [6, 6.07) is 0. The number of ether oxygens (including phenoxy) is 1. The van der Waals surface area contributed by atoms with Crippen molar-refractivity contribution in [3.8, 4) is 0 Å². The molecular formula is C13H22N2O. The van der Waals surface area contributed by atoms with Gasteiger partial charge in [-0.1, -0.05) is 19.4 Å². The van der Waals surface area contributed by atoms with Crippen LogP contribution in [0.1, 0.15) is 33.6 Å². The van der Waals surface area contributed by atoms with Crippen LogP contribution < -0.4 is 5.73 Å². The zero-order valence-electron chi connectivity index (χ0n) is 10.5. The summed E-state index contributed by atoms with van der Waals surface area (Å²) in [4.78, 5) is 3.74. The van der Waals surface area contributed by atoms with Gasteiger partial charge in [-0.25, -0.2) is 4.99 Å². The van der Waals surface area contributed by atoms with Gasteiger partial charge in [-0.3, -0.25) is 0 Å². The summed E-state index contributed by atoms with van der Waals surface area (Å²) < 4.78 is 5.68. The first-order chi connectivity index (χ1) is 7.54. The van der Waals surface area contributed by atoms with E-state index in [0.29, 0.717) is 23.4 Å². The monoisotopic (exact) mass is 222 g/mol. The minimum absolute atomic E-state index is 0.376. The third-order valence-corrected chi connectivity index (χ3v) is 2.86. The van der Waals surface area contributed by atoms with E-state index in [4.69, 9.17) is 10.5 Å². The van der Waals surface area contributed by atoms with E-state index in [9.17, 15) is 0 Å². The second-order valence-electron chi connectivity index (χ2n) is 4.71. The molecule has 3 nitrogen and oxygen atoms in total. The van der Waals surface area contributed by atoms with E-state index in [1.54, 1.807) is 0 Å². The molecule has 0 bridgehead atoms. The fraction of sp³-hybridized carbons (Fsp3) is 0.615. The minimum Gasteiger partial charge on any atom is -0.489 e. The largest absolute Gasteiger partial charge is 0.489 e. The number of aliphatic imine (C=N–C) groups is 1. The van der Waals surface area contributed by atoms with Crippen molar-refractivity contribution >= 4 is 6.72 Å². The van der Waals surface area contributed by atoms with Gasteiger partial charge in [0.2, 0.25) is 0 Å². The molecule has 16 heavy (non-hydrogen) atoms. The Morgan fingerprint density at radius 2 is 2.19 bits per heavy atom. The number of allylic oxidation sites excluding steroid dienone is 2. The maximum Gasteiger partial charge on any atom is 0.165 e. The predicted molar refractivity (Wildman–Crippen MR) is 68.0 cm³/mol. The van der Waals surface area contributed by atoms with Crippen molar-refractivity contribution in [2.75, 3.05) is 6.61 Å². The van der Waals surface area contributed by atoms with Crippen LogP contribution in [0.5, 0.6) is 0 Å². The zero-order chi connectivity index (χ0) is 12.1. The molecule has 1 aliphatic carbocycles. The highest BCUT2D eigenvalue weighted by molar-refractivity contribution is 5.32. The fourth-order valence-corrected chi connectivity index (χ4v) is 1.13. The molecule has 0 saturated heterocycles. The molecular weight excluding hydrogens is 200 g/mol. The van der Waals surface area contributed by atoms with Crippen LogP contribution in [0.4, 0.5) is 0 Å². The molecule has 2 N–H and O–H groups in total. The third kappa shape index (κ3) is 4.09. The van der Waals surface area contributed by atoms with Crippen LogP contribution in [0.2, 0.25) is 0 Å². The van der Waals surface area contributed by atoms with Gasteiger partial charge in [0.1, 0.15) is 0 Å². The van der Waals surface area contributed by atoms with Crippen molar-refractivity contribution in [1.82, 2.24) is 0 Å².